The van der Waals surface area contributed by atoms with Gasteiger partial charge in [0, 0.05) is 43.1 Å². The first-order valence-electron chi connectivity index (χ1n) is 13.4. The van der Waals surface area contributed by atoms with Crippen molar-refractivity contribution in [3.63, 3.8) is 0 Å². The van der Waals surface area contributed by atoms with Crippen molar-refractivity contribution in [1.82, 2.24) is 24.6 Å². The maximum atomic E-state index is 13.2. The second-order valence-electron chi connectivity index (χ2n) is 9.69. The molecule has 6 rings (SSSR count). The van der Waals surface area contributed by atoms with Crippen LogP contribution < -0.4 is 9.64 Å². The van der Waals surface area contributed by atoms with Crippen molar-refractivity contribution in [2.45, 2.75) is 17.8 Å². The molecule has 5 aromatic rings. The van der Waals surface area contributed by atoms with Gasteiger partial charge in [0.2, 0.25) is 5.89 Å². The van der Waals surface area contributed by atoms with E-state index in [-0.39, 0.29) is 5.91 Å². The second-order valence-corrected chi connectivity index (χ2v) is 10.6. The molecular formula is C31H30N6O3S. The average molecular weight is 567 g/mol. The molecule has 0 aliphatic carbocycles. The number of nitrogens with zero attached hydrogens (tertiary/aromatic N) is 6. The summed E-state index contributed by atoms with van der Waals surface area (Å²) >= 11 is 1.45. The third-order valence-corrected chi connectivity index (χ3v) is 8.01. The Morgan fingerprint density at radius 2 is 1.73 bits per heavy atom. The van der Waals surface area contributed by atoms with Crippen LogP contribution in [0.25, 0.3) is 17.1 Å². The molecule has 0 spiro atoms. The molecule has 10 heteroatoms. The number of para-hydroxylation sites is 2. The Kier molecular flexibility index (Phi) is 7.73. The van der Waals surface area contributed by atoms with Gasteiger partial charge in [-0.1, -0.05) is 60.3 Å². The smallest absolute Gasteiger partial charge is 0.275 e. The average Bonchev–Trinajstić information content (AvgIpc) is 3.68. The molecule has 0 N–H and O–H groups in total. The molecule has 0 bridgehead atoms. The van der Waals surface area contributed by atoms with Crippen LogP contribution in [0.15, 0.2) is 94.7 Å². The molecule has 2 aromatic heterocycles. The van der Waals surface area contributed by atoms with Crippen molar-refractivity contribution in [3.05, 3.63) is 102 Å². The fourth-order valence-corrected chi connectivity index (χ4v) is 5.76. The molecule has 208 valence electrons. The zero-order valence-corrected chi connectivity index (χ0v) is 23.8. The molecule has 9 nitrogen and oxygen atoms in total. The minimum Gasteiger partial charge on any atom is -0.497 e. The van der Waals surface area contributed by atoms with E-state index in [4.69, 9.17) is 9.15 Å². The maximum Gasteiger partial charge on any atom is 0.275 e. The van der Waals surface area contributed by atoms with Crippen LogP contribution in [0.4, 0.5) is 5.69 Å². The lowest BCUT2D eigenvalue weighted by atomic mass is 10.1. The lowest BCUT2D eigenvalue weighted by Crippen LogP contribution is -2.49. The Morgan fingerprint density at radius 3 is 2.51 bits per heavy atom. The van der Waals surface area contributed by atoms with Crippen LogP contribution in [0.2, 0.25) is 0 Å². The summed E-state index contributed by atoms with van der Waals surface area (Å²) in [6.45, 7) is 4.95. The number of aryl methyl sites for hydroxylation is 1. The van der Waals surface area contributed by atoms with Crippen LogP contribution in [0.1, 0.15) is 21.9 Å². The van der Waals surface area contributed by atoms with Gasteiger partial charge in [-0.15, -0.1) is 10.2 Å². The van der Waals surface area contributed by atoms with Crippen molar-refractivity contribution in [1.29, 1.82) is 0 Å². The minimum atomic E-state index is -0.109. The highest BCUT2D eigenvalue weighted by Gasteiger charge is 2.25. The van der Waals surface area contributed by atoms with Gasteiger partial charge < -0.3 is 19.0 Å². The predicted molar refractivity (Wildman–Crippen MR) is 159 cm³/mol. The van der Waals surface area contributed by atoms with Gasteiger partial charge in [-0.05, 0) is 42.8 Å². The van der Waals surface area contributed by atoms with Crippen molar-refractivity contribution in [3.8, 4) is 22.8 Å². The highest BCUT2D eigenvalue weighted by molar-refractivity contribution is 7.98. The van der Waals surface area contributed by atoms with Gasteiger partial charge >= 0.3 is 0 Å². The lowest BCUT2D eigenvalue weighted by molar-refractivity contribution is 0.0740. The largest absolute Gasteiger partial charge is 0.497 e. The molecule has 1 fully saturated rings. The van der Waals surface area contributed by atoms with E-state index < -0.39 is 0 Å². The number of anilines is 1. The molecule has 0 atom stereocenters. The number of piperazine rings is 1. The Balaban J connectivity index is 1.15. The number of carbonyl (C=O) groups is 1. The number of thioether (sulfide) groups is 1. The Labute approximate surface area is 242 Å². The topological polar surface area (TPSA) is 89.5 Å². The van der Waals surface area contributed by atoms with E-state index >= 15 is 0 Å². The van der Waals surface area contributed by atoms with E-state index in [1.54, 1.807) is 7.11 Å². The van der Waals surface area contributed by atoms with Gasteiger partial charge in [0.1, 0.15) is 12.0 Å². The van der Waals surface area contributed by atoms with Crippen molar-refractivity contribution < 1.29 is 13.9 Å². The quantitative estimate of drug-likeness (QED) is 0.228. The number of amides is 1. The van der Waals surface area contributed by atoms with E-state index in [0.29, 0.717) is 41.4 Å². The number of oxazole rings is 1. The molecule has 0 saturated carbocycles. The summed E-state index contributed by atoms with van der Waals surface area (Å²) in [5.41, 5.74) is 4.61. The standard InChI is InChI=1S/C31H30N6O3S/c1-22-9-6-7-14-27(22)35-15-17-36(18-16-35)30(38)26-20-40-28(32-26)21-41-31-34-33-29(23-10-8-13-25(19-23)39-2)37(31)24-11-4-3-5-12-24/h3-14,19-20H,15-18,21H2,1-2H3. The van der Waals surface area contributed by atoms with E-state index in [1.165, 1.54) is 29.3 Å². The van der Waals surface area contributed by atoms with E-state index in [2.05, 4.69) is 45.2 Å². The van der Waals surface area contributed by atoms with Gasteiger partial charge in [-0.3, -0.25) is 9.36 Å². The molecule has 1 amide bonds. The van der Waals surface area contributed by atoms with Gasteiger partial charge in [0.25, 0.3) is 5.91 Å². The summed E-state index contributed by atoms with van der Waals surface area (Å²) in [4.78, 5) is 21.9. The van der Waals surface area contributed by atoms with Gasteiger partial charge in [0.05, 0.1) is 12.9 Å². The predicted octanol–water partition coefficient (Wildman–Crippen LogP) is 5.49. The Morgan fingerprint density at radius 1 is 0.951 bits per heavy atom. The summed E-state index contributed by atoms with van der Waals surface area (Å²) in [5, 5.41) is 9.67. The zero-order valence-electron chi connectivity index (χ0n) is 22.9. The molecule has 1 aliphatic rings. The first kappa shape index (κ1) is 26.6. The molecule has 0 radical (unpaired) electrons. The molecule has 1 saturated heterocycles. The van der Waals surface area contributed by atoms with Gasteiger partial charge in [-0.25, -0.2) is 4.98 Å². The monoisotopic (exact) mass is 566 g/mol. The van der Waals surface area contributed by atoms with Gasteiger partial charge in [-0.2, -0.15) is 0 Å². The number of hydrogen-bond donors (Lipinski definition) is 0. The third-order valence-electron chi connectivity index (χ3n) is 7.09. The highest BCUT2D eigenvalue weighted by atomic mass is 32.2. The van der Waals surface area contributed by atoms with Gasteiger partial charge in [0.15, 0.2) is 16.7 Å². The van der Waals surface area contributed by atoms with Crippen molar-refractivity contribution >= 4 is 23.4 Å². The van der Waals surface area contributed by atoms with Crippen molar-refractivity contribution in [2.24, 2.45) is 0 Å². The second kappa shape index (κ2) is 11.9. The number of aromatic nitrogens is 4. The summed E-state index contributed by atoms with van der Waals surface area (Å²) in [6.07, 6.45) is 1.45. The van der Waals surface area contributed by atoms with E-state index in [0.717, 1.165) is 30.1 Å². The Bertz CT molecular complexity index is 1640. The highest BCUT2D eigenvalue weighted by Crippen LogP contribution is 2.31. The summed E-state index contributed by atoms with van der Waals surface area (Å²) in [6, 6.07) is 26.0. The summed E-state index contributed by atoms with van der Waals surface area (Å²) in [7, 11) is 1.64. The number of ether oxygens (including phenoxy) is 1. The Hall–Kier alpha value is -4.57. The number of carbonyl (C=O) groups excluding carboxylic acids is 1. The SMILES string of the molecule is COc1cccc(-c2nnc(SCc3nc(C(=O)N4CCN(c5ccccc5C)CC4)co3)n2-c2ccccc2)c1. The van der Waals surface area contributed by atoms with Crippen LogP contribution in [0.3, 0.4) is 0 Å². The number of methoxy groups -OCH3 is 1. The lowest BCUT2D eigenvalue weighted by Gasteiger charge is -2.36. The van der Waals surface area contributed by atoms with Crippen LogP contribution in [0.5, 0.6) is 5.75 Å². The summed E-state index contributed by atoms with van der Waals surface area (Å²) < 4.78 is 13.1. The third kappa shape index (κ3) is 5.69. The van der Waals surface area contributed by atoms with Crippen molar-refractivity contribution in [2.75, 3.05) is 38.2 Å². The molecular weight excluding hydrogens is 536 g/mol. The summed E-state index contributed by atoms with van der Waals surface area (Å²) in [5.74, 6) is 2.19. The minimum absolute atomic E-state index is 0.109. The molecule has 41 heavy (non-hydrogen) atoms. The molecule has 3 heterocycles. The van der Waals surface area contributed by atoms with Crippen LogP contribution in [-0.4, -0.2) is 63.8 Å². The number of rotatable bonds is 8. The fourth-order valence-electron chi connectivity index (χ4n) is 4.95. The number of hydrogen-bond acceptors (Lipinski definition) is 8. The van der Waals surface area contributed by atoms with Crippen LogP contribution in [0, 0.1) is 6.92 Å². The normalized spacial score (nSPS) is 13.4. The zero-order chi connectivity index (χ0) is 28.2. The van der Waals surface area contributed by atoms with Crippen LogP contribution >= 0.6 is 11.8 Å². The number of benzene rings is 3. The first-order chi connectivity index (χ1) is 20.1. The molecule has 1 aliphatic heterocycles. The first-order valence-corrected chi connectivity index (χ1v) is 14.4. The molecule has 3 aromatic carbocycles. The molecule has 0 unspecified atom stereocenters. The van der Waals surface area contributed by atoms with E-state index in [1.807, 2.05) is 70.1 Å². The fraction of sp³-hybridized carbons (Fsp3) is 0.226. The van der Waals surface area contributed by atoms with E-state index in [9.17, 15) is 4.79 Å². The van der Waals surface area contributed by atoms with Crippen LogP contribution in [-0.2, 0) is 5.75 Å². The maximum absolute atomic E-state index is 13.2.